The SMILES string of the molecule is O=C(O[C@H]1COCC1(OC(=O)c1ccccc1)N1C=CCNC1=O)c1ccccc1. The molecule has 8 heteroatoms. The molecule has 1 N–H and O–H groups in total. The average Bonchev–Trinajstić information content (AvgIpc) is 3.17. The van der Waals surface area contributed by atoms with Gasteiger partial charge < -0.3 is 19.5 Å². The largest absolute Gasteiger partial charge is 0.450 e. The number of hydrogen-bond acceptors (Lipinski definition) is 6. The Labute approximate surface area is 173 Å². The third kappa shape index (κ3) is 3.77. The first kappa shape index (κ1) is 19.7. The lowest BCUT2D eigenvalue weighted by Gasteiger charge is -2.41. The third-order valence-electron chi connectivity index (χ3n) is 4.87. The maximum absolute atomic E-state index is 12.9. The number of nitrogens with zero attached hydrogens (tertiary/aromatic N) is 1. The lowest BCUT2D eigenvalue weighted by molar-refractivity contribution is -0.131. The van der Waals surface area contributed by atoms with E-state index in [1.807, 2.05) is 0 Å². The molecular weight excluding hydrogens is 388 g/mol. The minimum absolute atomic E-state index is 0.0295. The van der Waals surface area contributed by atoms with Gasteiger partial charge in [-0.05, 0) is 30.3 Å². The number of ether oxygens (including phenoxy) is 3. The fraction of sp³-hybridized carbons (Fsp3) is 0.227. The van der Waals surface area contributed by atoms with Crippen LogP contribution in [0.2, 0.25) is 0 Å². The smallest absolute Gasteiger partial charge is 0.340 e. The summed E-state index contributed by atoms with van der Waals surface area (Å²) in [5, 5.41) is 2.67. The monoisotopic (exact) mass is 408 g/mol. The molecule has 154 valence electrons. The van der Waals surface area contributed by atoms with Crippen molar-refractivity contribution in [2.45, 2.75) is 11.8 Å². The van der Waals surface area contributed by atoms with E-state index in [1.165, 1.54) is 11.1 Å². The lowest BCUT2D eigenvalue weighted by Crippen LogP contribution is -2.63. The van der Waals surface area contributed by atoms with Crippen LogP contribution in [0.3, 0.4) is 0 Å². The fourth-order valence-electron chi connectivity index (χ4n) is 3.35. The van der Waals surface area contributed by atoms with Gasteiger partial charge >= 0.3 is 18.0 Å². The number of esters is 2. The molecule has 2 aliphatic heterocycles. The molecular formula is C22H20N2O6. The molecule has 2 heterocycles. The van der Waals surface area contributed by atoms with Gasteiger partial charge in [-0.1, -0.05) is 36.4 Å². The molecule has 30 heavy (non-hydrogen) atoms. The molecule has 0 bridgehead atoms. The molecule has 1 unspecified atom stereocenters. The Morgan fingerprint density at radius 2 is 1.63 bits per heavy atom. The molecule has 1 fully saturated rings. The zero-order valence-corrected chi connectivity index (χ0v) is 16.0. The Morgan fingerprint density at radius 3 is 2.27 bits per heavy atom. The van der Waals surface area contributed by atoms with Crippen LogP contribution in [0, 0.1) is 0 Å². The molecule has 0 aliphatic carbocycles. The molecule has 0 radical (unpaired) electrons. The molecule has 2 aromatic rings. The highest BCUT2D eigenvalue weighted by molar-refractivity contribution is 5.91. The zero-order valence-electron chi connectivity index (χ0n) is 16.0. The molecule has 0 aromatic heterocycles. The number of amides is 2. The molecule has 2 atom stereocenters. The van der Waals surface area contributed by atoms with Gasteiger partial charge in [0.1, 0.15) is 6.61 Å². The second kappa shape index (κ2) is 8.38. The Hall–Kier alpha value is -3.65. The van der Waals surface area contributed by atoms with Gasteiger partial charge in [0, 0.05) is 12.7 Å². The molecule has 2 amide bonds. The van der Waals surface area contributed by atoms with Crippen LogP contribution < -0.4 is 5.32 Å². The second-order valence-electron chi connectivity index (χ2n) is 6.82. The van der Waals surface area contributed by atoms with Crippen molar-refractivity contribution < 1.29 is 28.6 Å². The van der Waals surface area contributed by atoms with E-state index in [4.69, 9.17) is 14.2 Å². The summed E-state index contributed by atoms with van der Waals surface area (Å²) in [5.74, 6) is -1.26. The van der Waals surface area contributed by atoms with E-state index in [0.29, 0.717) is 17.7 Å². The molecule has 0 spiro atoms. The summed E-state index contributed by atoms with van der Waals surface area (Å²) in [6.07, 6.45) is 2.19. The van der Waals surface area contributed by atoms with Crippen molar-refractivity contribution in [3.63, 3.8) is 0 Å². The summed E-state index contributed by atoms with van der Waals surface area (Å²) in [4.78, 5) is 39.3. The van der Waals surface area contributed by atoms with Gasteiger partial charge in [-0.3, -0.25) is 4.90 Å². The van der Waals surface area contributed by atoms with E-state index in [1.54, 1.807) is 66.7 Å². The zero-order chi connectivity index (χ0) is 21.0. The number of carbonyl (C=O) groups is 3. The summed E-state index contributed by atoms with van der Waals surface area (Å²) in [6.45, 7) is 0.168. The highest BCUT2D eigenvalue weighted by atomic mass is 16.7. The van der Waals surface area contributed by atoms with E-state index in [0.717, 1.165) is 0 Å². The average molecular weight is 408 g/mol. The summed E-state index contributed by atoms with van der Waals surface area (Å²) >= 11 is 0. The quantitative estimate of drug-likeness (QED) is 0.764. The number of urea groups is 1. The van der Waals surface area contributed by atoms with Gasteiger partial charge in [0.05, 0.1) is 17.7 Å². The van der Waals surface area contributed by atoms with Crippen LogP contribution in [0.1, 0.15) is 20.7 Å². The van der Waals surface area contributed by atoms with Gasteiger partial charge in [0.15, 0.2) is 6.10 Å². The fourth-order valence-corrected chi connectivity index (χ4v) is 3.35. The first-order chi connectivity index (χ1) is 14.6. The lowest BCUT2D eigenvalue weighted by atomic mass is 10.1. The first-order valence-electron chi connectivity index (χ1n) is 9.46. The summed E-state index contributed by atoms with van der Waals surface area (Å²) < 4.78 is 17.0. The highest BCUT2D eigenvalue weighted by Crippen LogP contribution is 2.33. The van der Waals surface area contributed by atoms with Gasteiger partial charge in [0.2, 0.25) is 0 Å². The van der Waals surface area contributed by atoms with E-state index in [-0.39, 0.29) is 13.2 Å². The Morgan fingerprint density at radius 1 is 1.00 bits per heavy atom. The summed E-state index contributed by atoms with van der Waals surface area (Å²) in [5.41, 5.74) is -0.997. The van der Waals surface area contributed by atoms with Crippen molar-refractivity contribution in [3.05, 3.63) is 84.1 Å². The van der Waals surface area contributed by atoms with E-state index in [2.05, 4.69) is 5.32 Å². The van der Waals surface area contributed by atoms with Crippen LogP contribution in [0.5, 0.6) is 0 Å². The Kier molecular flexibility index (Phi) is 5.49. The minimum Gasteiger partial charge on any atom is -0.450 e. The molecule has 1 saturated heterocycles. The van der Waals surface area contributed by atoms with E-state index >= 15 is 0 Å². The molecule has 8 nitrogen and oxygen atoms in total. The number of hydrogen-bond donors (Lipinski definition) is 1. The normalized spacial score (nSPS) is 23.0. The maximum atomic E-state index is 12.9. The molecule has 0 saturated carbocycles. The van der Waals surface area contributed by atoms with Crippen molar-refractivity contribution in [2.24, 2.45) is 0 Å². The topological polar surface area (TPSA) is 94.2 Å². The van der Waals surface area contributed by atoms with Crippen LogP contribution in [-0.2, 0) is 14.2 Å². The highest BCUT2D eigenvalue weighted by Gasteiger charge is 2.56. The molecule has 2 aliphatic rings. The van der Waals surface area contributed by atoms with Crippen molar-refractivity contribution in [3.8, 4) is 0 Å². The van der Waals surface area contributed by atoms with Crippen LogP contribution in [-0.4, -0.2) is 54.5 Å². The summed E-state index contributed by atoms with van der Waals surface area (Å²) in [6, 6.07) is 16.3. The predicted octanol–water partition coefficient (Wildman–Crippen LogP) is 2.33. The van der Waals surface area contributed by atoms with Crippen LogP contribution in [0.4, 0.5) is 4.79 Å². The van der Waals surface area contributed by atoms with E-state index in [9.17, 15) is 14.4 Å². The van der Waals surface area contributed by atoms with Gasteiger partial charge in [-0.15, -0.1) is 0 Å². The van der Waals surface area contributed by atoms with Crippen molar-refractivity contribution in [1.82, 2.24) is 10.2 Å². The van der Waals surface area contributed by atoms with Crippen molar-refractivity contribution >= 4 is 18.0 Å². The standard InChI is InChI=1S/C22H20N2O6/c25-19(16-8-3-1-4-9-16)29-18-14-28-15-22(18,24-13-7-12-23-21(24)27)30-20(26)17-10-5-2-6-11-17/h1-11,13,18H,12,14-15H2,(H,23,27)/t18-,22?/m0/s1. The number of nitrogens with one attached hydrogen (secondary N) is 1. The van der Waals surface area contributed by atoms with Crippen LogP contribution in [0.25, 0.3) is 0 Å². The van der Waals surface area contributed by atoms with Gasteiger partial charge in [-0.25, -0.2) is 14.4 Å². The van der Waals surface area contributed by atoms with Crippen LogP contribution in [0.15, 0.2) is 72.9 Å². The second-order valence-corrected chi connectivity index (χ2v) is 6.82. The summed E-state index contributed by atoms with van der Waals surface area (Å²) in [7, 11) is 0. The van der Waals surface area contributed by atoms with Gasteiger partial charge in [-0.2, -0.15) is 0 Å². The van der Waals surface area contributed by atoms with Crippen molar-refractivity contribution in [2.75, 3.05) is 19.8 Å². The number of rotatable bonds is 5. The minimum atomic E-state index is -1.64. The van der Waals surface area contributed by atoms with Crippen molar-refractivity contribution in [1.29, 1.82) is 0 Å². The Bertz CT molecular complexity index is 962. The molecule has 4 rings (SSSR count). The van der Waals surface area contributed by atoms with Gasteiger partial charge in [0.25, 0.3) is 5.72 Å². The van der Waals surface area contributed by atoms with Crippen LogP contribution >= 0.6 is 0 Å². The third-order valence-corrected chi connectivity index (χ3v) is 4.87. The number of benzene rings is 2. The number of carbonyl (C=O) groups excluding carboxylic acids is 3. The first-order valence-corrected chi connectivity index (χ1v) is 9.46. The molecule has 2 aromatic carbocycles. The van der Waals surface area contributed by atoms with E-state index < -0.39 is 29.8 Å². The maximum Gasteiger partial charge on any atom is 0.340 e. The Balaban J connectivity index is 1.66. The predicted molar refractivity (Wildman–Crippen MR) is 105 cm³/mol.